The summed E-state index contributed by atoms with van der Waals surface area (Å²) < 4.78 is 71.1. The van der Waals surface area contributed by atoms with Crippen molar-refractivity contribution in [2.24, 2.45) is 0 Å². The van der Waals surface area contributed by atoms with E-state index in [1.165, 1.54) is 25.3 Å². The first-order valence-electron chi connectivity index (χ1n) is 9.26. The molecule has 1 amide bonds. The first kappa shape index (κ1) is 23.1. The predicted octanol–water partition coefficient (Wildman–Crippen LogP) is 5.08. The van der Waals surface area contributed by atoms with Crippen LogP contribution in [0.1, 0.15) is 21.5 Å². The minimum absolute atomic E-state index is 0.0423. The van der Waals surface area contributed by atoms with Gasteiger partial charge in [-0.25, -0.2) is 8.42 Å². The Bertz CT molecular complexity index is 1240. The number of carbonyl (C=O) groups excluding carboxylic acids is 1. The molecule has 0 aliphatic carbocycles. The number of nitrogens with one attached hydrogen (secondary N) is 2. The van der Waals surface area contributed by atoms with E-state index in [1.54, 1.807) is 31.2 Å². The summed E-state index contributed by atoms with van der Waals surface area (Å²) in [7, 11) is -2.79. The molecule has 3 aromatic carbocycles. The molecular weight excluding hydrogens is 445 g/mol. The minimum atomic E-state index is -4.53. The van der Waals surface area contributed by atoms with E-state index < -0.39 is 27.7 Å². The summed E-state index contributed by atoms with van der Waals surface area (Å²) in [6, 6.07) is 14.3. The molecule has 0 saturated carbocycles. The van der Waals surface area contributed by atoms with Crippen molar-refractivity contribution < 1.29 is 31.1 Å². The first-order valence-corrected chi connectivity index (χ1v) is 10.7. The molecule has 6 nitrogen and oxygen atoms in total. The monoisotopic (exact) mass is 464 g/mol. The van der Waals surface area contributed by atoms with Gasteiger partial charge in [0.25, 0.3) is 15.9 Å². The lowest BCUT2D eigenvalue weighted by Gasteiger charge is -2.14. The predicted molar refractivity (Wildman–Crippen MR) is 114 cm³/mol. The maximum Gasteiger partial charge on any atom is 0.416 e. The molecule has 0 aromatic heterocycles. The molecule has 0 bridgehead atoms. The summed E-state index contributed by atoms with van der Waals surface area (Å²) in [6.45, 7) is 1.76. The molecule has 0 saturated heterocycles. The second-order valence-corrected chi connectivity index (χ2v) is 8.49. The number of sulfonamides is 1. The maximum absolute atomic E-state index is 12.8. The topological polar surface area (TPSA) is 84.5 Å². The number of anilines is 2. The number of halogens is 3. The molecule has 0 aliphatic heterocycles. The lowest BCUT2D eigenvalue weighted by Crippen LogP contribution is -2.16. The van der Waals surface area contributed by atoms with Gasteiger partial charge in [0.05, 0.1) is 23.3 Å². The van der Waals surface area contributed by atoms with Gasteiger partial charge in [0.15, 0.2) is 0 Å². The van der Waals surface area contributed by atoms with Crippen molar-refractivity contribution in [2.75, 3.05) is 17.1 Å². The lowest BCUT2D eigenvalue weighted by atomic mass is 10.1. The highest BCUT2D eigenvalue weighted by Gasteiger charge is 2.30. The smallest absolute Gasteiger partial charge is 0.416 e. The molecule has 0 atom stereocenters. The summed E-state index contributed by atoms with van der Waals surface area (Å²) in [4.78, 5) is 12.4. The molecule has 3 aromatic rings. The molecule has 10 heteroatoms. The van der Waals surface area contributed by atoms with Crippen LogP contribution in [0.15, 0.2) is 71.6 Å². The van der Waals surface area contributed by atoms with Gasteiger partial charge in [-0.15, -0.1) is 0 Å². The van der Waals surface area contributed by atoms with Crippen LogP contribution in [-0.2, 0) is 16.2 Å². The molecule has 0 radical (unpaired) electrons. The molecule has 168 valence electrons. The number of amides is 1. The minimum Gasteiger partial charge on any atom is -0.495 e. The second kappa shape index (κ2) is 8.91. The number of rotatable bonds is 6. The van der Waals surface area contributed by atoms with Crippen LogP contribution in [0, 0.1) is 6.92 Å². The number of aryl methyl sites for hydroxylation is 1. The standard InChI is InChI=1S/C22H19F3N2O4S/c1-14-5-3-4-6-18(14)21(28)26-19-13-17(11-12-20(19)31-2)32(29,30)27-16-9-7-15(8-10-16)22(23,24)25/h3-13,27H,1-2H3,(H,26,28). The van der Waals surface area contributed by atoms with Crippen molar-refractivity contribution in [1.82, 2.24) is 0 Å². The van der Waals surface area contributed by atoms with Crippen LogP contribution in [0.4, 0.5) is 24.5 Å². The number of carbonyl (C=O) groups is 1. The highest BCUT2D eigenvalue weighted by Crippen LogP contribution is 2.31. The van der Waals surface area contributed by atoms with Crippen molar-refractivity contribution in [3.63, 3.8) is 0 Å². The molecule has 3 rings (SSSR count). The maximum atomic E-state index is 12.8. The molecule has 32 heavy (non-hydrogen) atoms. The Hall–Kier alpha value is -3.53. The van der Waals surface area contributed by atoms with Gasteiger partial charge in [0.2, 0.25) is 0 Å². The van der Waals surface area contributed by atoms with Crippen LogP contribution in [-0.4, -0.2) is 21.4 Å². The van der Waals surface area contributed by atoms with Gasteiger partial charge in [-0.05, 0) is 61.0 Å². The van der Waals surface area contributed by atoms with Crippen molar-refractivity contribution in [3.8, 4) is 5.75 Å². The highest BCUT2D eigenvalue weighted by atomic mass is 32.2. The van der Waals surface area contributed by atoms with Gasteiger partial charge in [-0.3, -0.25) is 9.52 Å². The zero-order valence-corrected chi connectivity index (χ0v) is 17.8. The molecular formula is C22H19F3N2O4S. The van der Waals surface area contributed by atoms with Crippen molar-refractivity contribution in [1.29, 1.82) is 0 Å². The average molecular weight is 464 g/mol. The number of benzene rings is 3. The Morgan fingerprint density at radius 2 is 1.62 bits per heavy atom. The van der Waals surface area contributed by atoms with Gasteiger partial charge in [0.1, 0.15) is 5.75 Å². The van der Waals surface area contributed by atoms with Gasteiger partial charge >= 0.3 is 6.18 Å². The molecule has 0 aliphatic rings. The summed E-state index contributed by atoms with van der Waals surface area (Å²) in [5, 5.41) is 2.64. The van der Waals surface area contributed by atoms with E-state index in [1.807, 2.05) is 0 Å². The zero-order chi connectivity index (χ0) is 23.5. The van der Waals surface area contributed by atoms with Crippen molar-refractivity contribution in [3.05, 3.63) is 83.4 Å². The Morgan fingerprint density at radius 3 is 2.22 bits per heavy atom. The van der Waals surface area contributed by atoms with Crippen LogP contribution in [0.3, 0.4) is 0 Å². The van der Waals surface area contributed by atoms with Gasteiger partial charge < -0.3 is 10.1 Å². The van der Waals surface area contributed by atoms with Crippen LogP contribution in [0.5, 0.6) is 5.75 Å². The second-order valence-electron chi connectivity index (χ2n) is 6.81. The third-order valence-corrected chi connectivity index (χ3v) is 5.96. The quantitative estimate of drug-likeness (QED) is 0.533. The van der Waals surface area contributed by atoms with Crippen molar-refractivity contribution >= 4 is 27.3 Å². The van der Waals surface area contributed by atoms with Gasteiger partial charge in [0, 0.05) is 11.3 Å². The fourth-order valence-electron chi connectivity index (χ4n) is 2.91. The zero-order valence-electron chi connectivity index (χ0n) is 17.0. The third kappa shape index (κ3) is 5.20. The van der Waals surface area contributed by atoms with E-state index in [9.17, 15) is 26.4 Å². The molecule has 0 heterocycles. The number of ether oxygens (including phenoxy) is 1. The van der Waals surface area contributed by atoms with E-state index in [2.05, 4.69) is 10.0 Å². The van der Waals surface area contributed by atoms with Crippen LogP contribution in [0.25, 0.3) is 0 Å². The third-order valence-electron chi connectivity index (χ3n) is 4.58. The normalized spacial score (nSPS) is 11.7. The Kier molecular flexibility index (Phi) is 6.45. The summed E-state index contributed by atoms with van der Waals surface area (Å²) in [6.07, 6.45) is -4.53. The van der Waals surface area contributed by atoms with Gasteiger partial charge in [-0.2, -0.15) is 13.2 Å². The highest BCUT2D eigenvalue weighted by molar-refractivity contribution is 7.92. The summed E-state index contributed by atoms with van der Waals surface area (Å²) in [5.41, 5.74) is 0.323. The Morgan fingerprint density at radius 1 is 0.969 bits per heavy atom. The fourth-order valence-corrected chi connectivity index (χ4v) is 4.00. The number of methoxy groups -OCH3 is 1. The van der Waals surface area contributed by atoms with E-state index in [0.29, 0.717) is 5.56 Å². The van der Waals surface area contributed by atoms with Crippen LogP contribution < -0.4 is 14.8 Å². The number of hydrogen-bond acceptors (Lipinski definition) is 4. The van der Waals surface area contributed by atoms with E-state index in [-0.39, 0.29) is 22.0 Å². The van der Waals surface area contributed by atoms with Gasteiger partial charge in [-0.1, -0.05) is 18.2 Å². The van der Waals surface area contributed by atoms with Crippen molar-refractivity contribution in [2.45, 2.75) is 18.0 Å². The Labute approximate surface area is 183 Å². The average Bonchev–Trinajstić information content (AvgIpc) is 2.73. The first-order chi connectivity index (χ1) is 15.0. The summed E-state index contributed by atoms with van der Waals surface area (Å²) in [5.74, 6) is -0.216. The molecule has 0 unspecified atom stereocenters. The molecule has 2 N–H and O–H groups in total. The van der Waals surface area contributed by atoms with Crippen LogP contribution >= 0.6 is 0 Å². The lowest BCUT2D eigenvalue weighted by molar-refractivity contribution is -0.137. The fraction of sp³-hybridized carbons (Fsp3) is 0.136. The van der Waals surface area contributed by atoms with Crippen LogP contribution in [0.2, 0.25) is 0 Å². The molecule has 0 spiro atoms. The van der Waals surface area contributed by atoms with E-state index >= 15 is 0 Å². The largest absolute Gasteiger partial charge is 0.495 e. The number of hydrogen-bond donors (Lipinski definition) is 2. The number of alkyl halides is 3. The van der Waals surface area contributed by atoms with E-state index in [4.69, 9.17) is 4.74 Å². The SMILES string of the molecule is COc1ccc(S(=O)(=O)Nc2ccc(C(F)(F)F)cc2)cc1NC(=O)c1ccccc1C. The van der Waals surface area contributed by atoms with E-state index in [0.717, 1.165) is 29.8 Å². The molecule has 0 fully saturated rings. The Balaban J connectivity index is 1.88. The summed E-state index contributed by atoms with van der Waals surface area (Å²) >= 11 is 0.